The van der Waals surface area contributed by atoms with Gasteiger partial charge in [0, 0.05) is 5.92 Å². The first-order valence-corrected chi connectivity index (χ1v) is 7.71. The molecule has 0 aromatic heterocycles. The molecular weight excluding hydrogens is 274 g/mol. The molecule has 0 amide bonds. The van der Waals surface area contributed by atoms with Gasteiger partial charge in [0.1, 0.15) is 11.5 Å². The number of ether oxygens (including phenoxy) is 2. The van der Waals surface area contributed by atoms with Gasteiger partial charge in [0.15, 0.2) is 0 Å². The number of rotatable bonds is 7. The summed E-state index contributed by atoms with van der Waals surface area (Å²) in [6.45, 7) is 2.77. The number of aryl methyl sites for hydroxylation is 1. The second kappa shape index (κ2) is 7.85. The van der Waals surface area contributed by atoms with E-state index in [1.54, 1.807) is 14.2 Å². The van der Waals surface area contributed by atoms with Crippen molar-refractivity contribution in [3.63, 3.8) is 0 Å². The molecule has 0 saturated carbocycles. The standard InChI is InChI=1S/C19H25NO2/c1-4-15-12-16(7-10-19(15)22-3)17(13-20)11-14-5-8-18(21-2)9-6-14/h5-10,12,17H,4,11,13,20H2,1-3H3. The van der Waals surface area contributed by atoms with Gasteiger partial charge in [-0.3, -0.25) is 0 Å². The van der Waals surface area contributed by atoms with E-state index in [2.05, 4.69) is 31.2 Å². The van der Waals surface area contributed by atoms with Crippen LogP contribution in [0.5, 0.6) is 11.5 Å². The van der Waals surface area contributed by atoms with Crippen LogP contribution in [-0.4, -0.2) is 20.8 Å². The van der Waals surface area contributed by atoms with Crippen molar-refractivity contribution in [3.8, 4) is 11.5 Å². The van der Waals surface area contributed by atoms with Gasteiger partial charge in [-0.1, -0.05) is 31.2 Å². The molecular formula is C19H25NO2. The SMILES string of the molecule is CCc1cc(C(CN)Cc2ccc(OC)cc2)ccc1OC. The summed E-state index contributed by atoms with van der Waals surface area (Å²) in [5.74, 6) is 2.14. The Bertz CT molecular complexity index is 593. The second-order valence-corrected chi connectivity index (χ2v) is 5.41. The Labute approximate surface area is 133 Å². The van der Waals surface area contributed by atoms with Gasteiger partial charge in [0.05, 0.1) is 14.2 Å². The molecule has 1 atom stereocenters. The van der Waals surface area contributed by atoms with E-state index in [0.717, 1.165) is 24.3 Å². The van der Waals surface area contributed by atoms with Crippen molar-refractivity contribution in [2.75, 3.05) is 20.8 Å². The van der Waals surface area contributed by atoms with Crippen molar-refractivity contribution < 1.29 is 9.47 Å². The Morgan fingerprint density at radius 3 is 2.27 bits per heavy atom. The smallest absolute Gasteiger partial charge is 0.122 e. The van der Waals surface area contributed by atoms with Crippen LogP contribution in [0.15, 0.2) is 42.5 Å². The summed E-state index contributed by atoms with van der Waals surface area (Å²) in [5, 5.41) is 0. The molecule has 0 heterocycles. The molecule has 1 unspecified atom stereocenters. The van der Waals surface area contributed by atoms with E-state index in [0.29, 0.717) is 12.5 Å². The Balaban J connectivity index is 2.20. The van der Waals surface area contributed by atoms with E-state index in [1.165, 1.54) is 16.7 Å². The Hall–Kier alpha value is -2.00. The first kappa shape index (κ1) is 16.4. The fourth-order valence-corrected chi connectivity index (χ4v) is 2.71. The number of hydrogen-bond donors (Lipinski definition) is 1. The number of nitrogens with two attached hydrogens (primary N) is 1. The summed E-state index contributed by atoms with van der Waals surface area (Å²) in [6, 6.07) is 14.6. The molecule has 2 N–H and O–H groups in total. The number of hydrogen-bond acceptors (Lipinski definition) is 3. The molecule has 0 aliphatic rings. The lowest BCUT2D eigenvalue weighted by molar-refractivity contribution is 0.409. The third-order valence-electron chi connectivity index (χ3n) is 4.08. The van der Waals surface area contributed by atoms with Crippen molar-refractivity contribution in [1.82, 2.24) is 0 Å². The van der Waals surface area contributed by atoms with Gasteiger partial charge in [0.2, 0.25) is 0 Å². The molecule has 0 spiro atoms. The van der Waals surface area contributed by atoms with Crippen LogP contribution in [0.4, 0.5) is 0 Å². The first-order valence-electron chi connectivity index (χ1n) is 7.71. The zero-order valence-corrected chi connectivity index (χ0v) is 13.6. The predicted octanol–water partition coefficient (Wildman–Crippen LogP) is 3.55. The second-order valence-electron chi connectivity index (χ2n) is 5.41. The van der Waals surface area contributed by atoms with Gasteiger partial charge in [-0.2, -0.15) is 0 Å². The molecule has 3 heteroatoms. The molecule has 0 bridgehead atoms. The quantitative estimate of drug-likeness (QED) is 0.850. The zero-order valence-electron chi connectivity index (χ0n) is 13.6. The molecule has 118 valence electrons. The van der Waals surface area contributed by atoms with E-state index in [1.807, 2.05) is 18.2 Å². The van der Waals surface area contributed by atoms with Gasteiger partial charge in [-0.15, -0.1) is 0 Å². The third kappa shape index (κ3) is 3.80. The minimum Gasteiger partial charge on any atom is -0.497 e. The van der Waals surface area contributed by atoms with Crippen molar-refractivity contribution in [2.24, 2.45) is 5.73 Å². The van der Waals surface area contributed by atoms with Crippen LogP contribution >= 0.6 is 0 Å². The lowest BCUT2D eigenvalue weighted by atomic mass is 9.90. The molecule has 2 aromatic rings. The van der Waals surface area contributed by atoms with Gasteiger partial charge >= 0.3 is 0 Å². The molecule has 2 rings (SSSR count). The number of methoxy groups -OCH3 is 2. The van der Waals surface area contributed by atoms with Crippen molar-refractivity contribution >= 4 is 0 Å². The summed E-state index contributed by atoms with van der Waals surface area (Å²) < 4.78 is 10.6. The summed E-state index contributed by atoms with van der Waals surface area (Å²) >= 11 is 0. The van der Waals surface area contributed by atoms with Gasteiger partial charge in [-0.25, -0.2) is 0 Å². The lowest BCUT2D eigenvalue weighted by Gasteiger charge is -2.18. The molecule has 0 saturated heterocycles. The average molecular weight is 299 g/mol. The van der Waals surface area contributed by atoms with Crippen molar-refractivity contribution in [1.29, 1.82) is 0 Å². The van der Waals surface area contributed by atoms with Crippen LogP contribution in [0.3, 0.4) is 0 Å². The van der Waals surface area contributed by atoms with Crippen molar-refractivity contribution in [2.45, 2.75) is 25.7 Å². The maximum atomic E-state index is 6.01. The normalized spacial score (nSPS) is 12.0. The minimum absolute atomic E-state index is 0.310. The maximum absolute atomic E-state index is 6.01. The Kier molecular flexibility index (Phi) is 5.84. The van der Waals surface area contributed by atoms with Gasteiger partial charge < -0.3 is 15.2 Å². The van der Waals surface area contributed by atoms with Crippen molar-refractivity contribution in [3.05, 3.63) is 59.2 Å². The Morgan fingerprint density at radius 1 is 1.00 bits per heavy atom. The van der Waals surface area contributed by atoms with Crippen LogP contribution in [0.1, 0.15) is 29.5 Å². The highest BCUT2D eigenvalue weighted by molar-refractivity contribution is 5.39. The molecule has 3 nitrogen and oxygen atoms in total. The summed E-state index contributed by atoms with van der Waals surface area (Å²) in [6.07, 6.45) is 1.88. The van der Waals surface area contributed by atoms with E-state index >= 15 is 0 Å². The minimum atomic E-state index is 0.310. The molecule has 0 aliphatic heterocycles. The largest absolute Gasteiger partial charge is 0.497 e. The average Bonchev–Trinajstić information content (AvgIpc) is 2.59. The maximum Gasteiger partial charge on any atom is 0.122 e. The summed E-state index contributed by atoms with van der Waals surface area (Å²) in [7, 11) is 3.40. The van der Waals surface area contributed by atoms with Gasteiger partial charge in [0.25, 0.3) is 0 Å². The fraction of sp³-hybridized carbons (Fsp3) is 0.368. The predicted molar refractivity (Wildman–Crippen MR) is 90.9 cm³/mol. The van der Waals surface area contributed by atoms with Crippen LogP contribution in [0.2, 0.25) is 0 Å². The summed E-state index contributed by atoms with van der Waals surface area (Å²) in [5.41, 5.74) is 9.79. The molecule has 0 aliphatic carbocycles. The third-order valence-corrected chi connectivity index (χ3v) is 4.08. The fourth-order valence-electron chi connectivity index (χ4n) is 2.71. The molecule has 0 radical (unpaired) electrons. The van der Waals surface area contributed by atoms with E-state index in [-0.39, 0.29) is 0 Å². The number of benzene rings is 2. The highest BCUT2D eigenvalue weighted by atomic mass is 16.5. The topological polar surface area (TPSA) is 44.5 Å². The molecule has 22 heavy (non-hydrogen) atoms. The van der Waals surface area contributed by atoms with Crippen LogP contribution in [-0.2, 0) is 12.8 Å². The van der Waals surface area contributed by atoms with E-state index in [9.17, 15) is 0 Å². The highest BCUT2D eigenvalue weighted by Crippen LogP contribution is 2.27. The van der Waals surface area contributed by atoms with Gasteiger partial charge in [-0.05, 0) is 54.3 Å². The lowest BCUT2D eigenvalue weighted by Crippen LogP contribution is -2.15. The van der Waals surface area contributed by atoms with Crippen LogP contribution < -0.4 is 15.2 Å². The first-order chi connectivity index (χ1) is 10.7. The zero-order chi connectivity index (χ0) is 15.9. The van der Waals surface area contributed by atoms with E-state index < -0.39 is 0 Å². The van der Waals surface area contributed by atoms with Crippen LogP contribution in [0, 0.1) is 0 Å². The molecule has 2 aromatic carbocycles. The van der Waals surface area contributed by atoms with Crippen LogP contribution in [0.25, 0.3) is 0 Å². The monoisotopic (exact) mass is 299 g/mol. The molecule has 0 fully saturated rings. The Morgan fingerprint density at radius 2 is 1.73 bits per heavy atom. The van der Waals surface area contributed by atoms with E-state index in [4.69, 9.17) is 15.2 Å². The summed E-state index contributed by atoms with van der Waals surface area (Å²) in [4.78, 5) is 0. The highest BCUT2D eigenvalue weighted by Gasteiger charge is 2.13.